The zero-order valence-electron chi connectivity index (χ0n) is 23.9. The van der Waals surface area contributed by atoms with Crippen molar-refractivity contribution in [2.75, 3.05) is 0 Å². The summed E-state index contributed by atoms with van der Waals surface area (Å²) < 4.78 is 0. The van der Waals surface area contributed by atoms with Crippen molar-refractivity contribution in [1.29, 1.82) is 0 Å². The average Bonchev–Trinajstić information content (AvgIpc) is 2.84. The van der Waals surface area contributed by atoms with Gasteiger partial charge in [-0.15, -0.1) is 0 Å². The zero-order valence-corrected chi connectivity index (χ0v) is 23.9. The molecule has 37 heavy (non-hydrogen) atoms. The molecule has 3 heteroatoms. The molecule has 200 valence electrons. The first-order valence-electron chi connectivity index (χ1n) is 14.5. The monoisotopic (exact) mass is 502 g/mol. The van der Waals surface area contributed by atoms with Crippen molar-refractivity contribution in [3.05, 3.63) is 58.1 Å². The largest absolute Gasteiger partial charge is 0.300 e. The van der Waals surface area contributed by atoms with Crippen LogP contribution >= 0.6 is 0 Å². The van der Waals surface area contributed by atoms with Crippen LogP contribution < -0.4 is 0 Å². The Morgan fingerprint density at radius 1 is 0.973 bits per heavy atom. The van der Waals surface area contributed by atoms with Gasteiger partial charge in [-0.25, -0.2) is 0 Å². The summed E-state index contributed by atoms with van der Waals surface area (Å²) in [5, 5.41) is 0. The van der Waals surface area contributed by atoms with Gasteiger partial charge in [0.15, 0.2) is 5.78 Å². The van der Waals surface area contributed by atoms with Gasteiger partial charge in [0.05, 0.1) is 6.42 Å². The highest BCUT2D eigenvalue weighted by atomic mass is 16.1. The third-order valence-corrected chi connectivity index (χ3v) is 8.29. The number of Topliss-reactive ketones (excluding diaryl/α,β-unsaturated/α-hetero) is 3. The summed E-state index contributed by atoms with van der Waals surface area (Å²) in [6.45, 7) is 12.2. The molecule has 0 spiro atoms. The van der Waals surface area contributed by atoms with Crippen molar-refractivity contribution in [2.24, 2.45) is 17.8 Å². The fourth-order valence-electron chi connectivity index (χ4n) is 6.62. The van der Waals surface area contributed by atoms with Crippen molar-refractivity contribution in [3.63, 3.8) is 0 Å². The lowest BCUT2D eigenvalue weighted by molar-refractivity contribution is -0.129. The Balaban J connectivity index is 2.00. The van der Waals surface area contributed by atoms with Crippen molar-refractivity contribution in [3.8, 4) is 11.1 Å². The number of aryl methyl sites for hydroxylation is 3. The normalized spacial score (nSPS) is 16.8. The van der Waals surface area contributed by atoms with Crippen LogP contribution in [0.2, 0.25) is 0 Å². The van der Waals surface area contributed by atoms with Gasteiger partial charge in [0.2, 0.25) is 0 Å². The predicted molar refractivity (Wildman–Crippen MR) is 153 cm³/mol. The lowest BCUT2D eigenvalue weighted by atomic mass is 9.71. The molecule has 3 rings (SSSR count). The fraction of sp³-hybridized carbons (Fsp3) is 0.559. The van der Waals surface area contributed by atoms with Gasteiger partial charge in [-0.05, 0) is 91.2 Å². The van der Waals surface area contributed by atoms with Crippen LogP contribution in [0, 0.1) is 24.7 Å². The maximum absolute atomic E-state index is 13.6. The molecule has 1 aliphatic carbocycles. The average molecular weight is 503 g/mol. The van der Waals surface area contributed by atoms with Crippen LogP contribution in [0.3, 0.4) is 0 Å². The lowest BCUT2D eigenvalue weighted by Gasteiger charge is -2.33. The highest BCUT2D eigenvalue weighted by molar-refractivity contribution is 6.02. The Kier molecular flexibility index (Phi) is 10.4. The molecule has 2 aromatic carbocycles. The molecule has 0 amide bonds. The molecule has 0 fully saturated rings. The van der Waals surface area contributed by atoms with E-state index in [0.29, 0.717) is 6.42 Å². The minimum Gasteiger partial charge on any atom is -0.300 e. The Labute approximate surface area is 224 Å². The maximum atomic E-state index is 13.6. The van der Waals surface area contributed by atoms with E-state index < -0.39 is 0 Å². The molecule has 0 radical (unpaired) electrons. The van der Waals surface area contributed by atoms with Crippen molar-refractivity contribution < 1.29 is 14.4 Å². The number of benzene rings is 2. The van der Waals surface area contributed by atoms with Crippen molar-refractivity contribution in [2.45, 2.75) is 106 Å². The standard InChI is InChI=1S/C34H46O3/c1-7-11-24-14-15-26(9-3)30(19-24)29-16-13-22(5)34-31(29)20-25(21-33(34)37)18-27(12-8-2)28(10-4)32(36)17-23(6)35/h13-16,19,25,27-28H,7-12,17-18,20-21H2,1-6H3. The topological polar surface area (TPSA) is 51.2 Å². The molecule has 3 nitrogen and oxygen atoms in total. The van der Waals surface area contributed by atoms with E-state index in [0.717, 1.165) is 62.5 Å². The Bertz CT molecular complexity index is 1130. The molecular formula is C34H46O3. The second kappa shape index (κ2) is 13.3. The van der Waals surface area contributed by atoms with E-state index in [9.17, 15) is 14.4 Å². The van der Waals surface area contributed by atoms with E-state index >= 15 is 0 Å². The Hall–Kier alpha value is -2.55. The Morgan fingerprint density at radius 3 is 2.35 bits per heavy atom. The molecule has 3 unspecified atom stereocenters. The molecule has 1 aliphatic rings. The van der Waals surface area contributed by atoms with Crippen LogP contribution in [-0.4, -0.2) is 17.3 Å². The fourth-order valence-corrected chi connectivity index (χ4v) is 6.62. The minimum absolute atomic E-state index is 0.0301. The first kappa shape index (κ1) is 29.0. The van der Waals surface area contributed by atoms with Gasteiger partial charge < -0.3 is 0 Å². The summed E-state index contributed by atoms with van der Waals surface area (Å²) >= 11 is 0. The quantitative estimate of drug-likeness (QED) is 0.259. The maximum Gasteiger partial charge on any atom is 0.163 e. The predicted octanol–water partition coefficient (Wildman–Crippen LogP) is 8.30. The number of carbonyl (C=O) groups is 3. The number of carbonyl (C=O) groups excluding carboxylic acids is 3. The SMILES string of the molecule is CCCc1ccc(CC)c(-c2ccc(C)c3c2CC(CC(CCC)C(CC)C(=O)CC(C)=O)CC3=O)c1. The van der Waals surface area contributed by atoms with Gasteiger partial charge in [0.1, 0.15) is 11.6 Å². The zero-order chi connectivity index (χ0) is 27.1. The highest BCUT2D eigenvalue weighted by Crippen LogP contribution is 2.41. The summed E-state index contributed by atoms with van der Waals surface area (Å²) in [5.74, 6) is 0.598. The van der Waals surface area contributed by atoms with Gasteiger partial charge >= 0.3 is 0 Å². The number of ketones is 3. The van der Waals surface area contributed by atoms with Crippen molar-refractivity contribution >= 4 is 17.3 Å². The lowest BCUT2D eigenvalue weighted by Crippen LogP contribution is -2.30. The van der Waals surface area contributed by atoms with E-state index in [2.05, 4.69) is 65.0 Å². The summed E-state index contributed by atoms with van der Waals surface area (Å²) in [5.41, 5.74) is 8.33. The third-order valence-electron chi connectivity index (χ3n) is 8.29. The second-order valence-electron chi connectivity index (χ2n) is 11.2. The number of hydrogen-bond acceptors (Lipinski definition) is 3. The van der Waals surface area contributed by atoms with Gasteiger partial charge in [-0.1, -0.05) is 77.3 Å². The molecule has 0 bridgehead atoms. The second-order valence-corrected chi connectivity index (χ2v) is 11.2. The summed E-state index contributed by atoms with van der Waals surface area (Å²) in [7, 11) is 0. The molecular weight excluding hydrogens is 456 g/mol. The number of fused-ring (bicyclic) bond motifs is 1. The molecule has 0 saturated heterocycles. The van der Waals surface area contributed by atoms with E-state index in [4.69, 9.17) is 0 Å². The van der Waals surface area contributed by atoms with Crippen LogP contribution in [-0.2, 0) is 28.9 Å². The summed E-state index contributed by atoms with van der Waals surface area (Å²) in [6, 6.07) is 11.2. The molecule has 0 heterocycles. The van der Waals surface area contributed by atoms with Gasteiger partial charge in [0, 0.05) is 17.9 Å². The molecule has 0 aromatic heterocycles. The van der Waals surface area contributed by atoms with Crippen molar-refractivity contribution in [1.82, 2.24) is 0 Å². The molecule has 0 aliphatic heterocycles. The summed E-state index contributed by atoms with van der Waals surface area (Å²) in [4.78, 5) is 38.2. The summed E-state index contributed by atoms with van der Waals surface area (Å²) in [6.07, 6.45) is 8.14. The number of rotatable bonds is 13. The third kappa shape index (κ3) is 6.86. The molecule has 0 saturated carbocycles. The number of hydrogen-bond donors (Lipinski definition) is 0. The first-order valence-corrected chi connectivity index (χ1v) is 14.5. The van der Waals surface area contributed by atoms with E-state index in [1.54, 1.807) is 0 Å². The van der Waals surface area contributed by atoms with Crippen LogP contribution in [0.25, 0.3) is 11.1 Å². The van der Waals surface area contributed by atoms with Gasteiger partial charge in [-0.2, -0.15) is 0 Å². The molecule has 2 aromatic rings. The smallest absolute Gasteiger partial charge is 0.163 e. The van der Waals surface area contributed by atoms with E-state index in [1.165, 1.54) is 34.7 Å². The Morgan fingerprint density at radius 2 is 1.73 bits per heavy atom. The van der Waals surface area contributed by atoms with Crippen LogP contribution in [0.15, 0.2) is 30.3 Å². The van der Waals surface area contributed by atoms with Gasteiger partial charge in [0.25, 0.3) is 0 Å². The molecule has 0 N–H and O–H groups in total. The van der Waals surface area contributed by atoms with Crippen LogP contribution in [0.5, 0.6) is 0 Å². The highest BCUT2D eigenvalue weighted by Gasteiger charge is 2.34. The van der Waals surface area contributed by atoms with E-state index in [1.807, 2.05) is 0 Å². The van der Waals surface area contributed by atoms with E-state index in [-0.39, 0.29) is 41.5 Å². The van der Waals surface area contributed by atoms with Gasteiger partial charge in [-0.3, -0.25) is 14.4 Å². The van der Waals surface area contributed by atoms with Crippen LogP contribution in [0.4, 0.5) is 0 Å². The van der Waals surface area contributed by atoms with Crippen LogP contribution in [0.1, 0.15) is 112 Å². The minimum atomic E-state index is -0.102. The molecule has 3 atom stereocenters. The first-order chi connectivity index (χ1) is 17.7.